The van der Waals surface area contributed by atoms with E-state index < -0.39 is 0 Å². The molecule has 29 heavy (non-hydrogen) atoms. The Balaban J connectivity index is 2.02. The Morgan fingerprint density at radius 1 is 1.14 bits per heavy atom. The maximum absolute atomic E-state index is 12.9. The molecular formula is C22H26N2O4S. The van der Waals surface area contributed by atoms with Gasteiger partial charge in [0.1, 0.15) is 12.4 Å². The van der Waals surface area contributed by atoms with Gasteiger partial charge in [0.25, 0.3) is 0 Å². The molecule has 0 spiro atoms. The van der Waals surface area contributed by atoms with E-state index in [0.717, 1.165) is 27.8 Å². The smallest absolute Gasteiger partial charge is 0.338 e. The van der Waals surface area contributed by atoms with Crippen molar-refractivity contribution in [3.05, 3.63) is 53.2 Å². The van der Waals surface area contributed by atoms with E-state index in [1.54, 1.807) is 14.2 Å². The highest BCUT2D eigenvalue weighted by Crippen LogP contribution is 2.33. The predicted octanol–water partition coefficient (Wildman–Crippen LogP) is 3.56. The molecule has 0 bridgehead atoms. The lowest BCUT2D eigenvalue weighted by atomic mass is 9.93. The van der Waals surface area contributed by atoms with Crippen molar-refractivity contribution in [3.8, 4) is 5.75 Å². The van der Waals surface area contributed by atoms with E-state index in [1.807, 2.05) is 49.1 Å². The lowest BCUT2D eigenvalue weighted by molar-refractivity contribution is -0.140. The highest BCUT2D eigenvalue weighted by atomic mass is 32.1. The Kier molecular flexibility index (Phi) is 6.71. The molecule has 1 heterocycles. The van der Waals surface area contributed by atoms with Gasteiger partial charge in [-0.1, -0.05) is 18.2 Å². The van der Waals surface area contributed by atoms with Gasteiger partial charge in [-0.15, -0.1) is 0 Å². The van der Waals surface area contributed by atoms with Gasteiger partial charge in [-0.2, -0.15) is 0 Å². The second-order valence-electron chi connectivity index (χ2n) is 6.73. The minimum Gasteiger partial charge on any atom is -0.497 e. The van der Waals surface area contributed by atoms with Crippen LogP contribution in [-0.4, -0.2) is 50.0 Å². The number of nitrogens with one attached hydrogen (secondary N) is 1. The number of hydrogen-bond donors (Lipinski definition) is 1. The second-order valence-corrected chi connectivity index (χ2v) is 7.11. The van der Waals surface area contributed by atoms with E-state index in [1.165, 1.54) is 0 Å². The van der Waals surface area contributed by atoms with Crippen molar-refractivity contribution in [1.82, 2.24) is 10.2 Å². The Morgan fingerprint density at radius 2 is 1.86 bits per heavy atom. The van der Waals surface area contributed by atoms with Crippen molar-refractivity contribution in [2.45, 2.75) is 19.9 Å². The summed E-state index contributed by atoms with van der Waals surface area (Å²) in [6.45, 7) is 5.12. The third kappa shape index (κ3) is 4.36. The number of allylic oxidation sites excluding steroid dienone is 1. The van der Waals surface area contributed by atoms with Crippen LogP contribution in [0.1, 0.15) is 25.5 Å². The molecule has 3 rings (SSSR count). The van der Waals surface area contributed by atoms with Crippen LogP contribution < -0.4 is 10.1 Å². The SMILES string of the molecule is CCN1C(=S)N[C@@H](c2ccc3cc(OC)ccc3c2)C(C(=O)OCCOC)=C1C. The number of methoxy groups -OCH3 is 2. The van der Waals surface area contributed by atoms with Gasteiger partial charge >= 0.3 is 5.97 Å². The molecule has 1 aliphatic heterocycles. The summed E-state index contributed by atoms with van der Waals surface area (Å²) in [5.74, 6) is 0.437. The van der Waals surface area contributed by atoms with Gasteiger partial charge in [-0.3, -0.25) is 0 Å². The van der Waals surface area contributed by atoms with E-state index in [4.69, 9.17) is 26.4 Å². The minimum atomic E-state index is -0.383. The zero-order chi connectivity index (χ0) is 21.0. The van der Waals surface area contributed by atoms with Crippen molar-refractivity contribution < 1.29 is 19.0 Å². The summed E-state index contributed by atoms with van der Waals surface area (Å²) in [7, 11) is 3.22. The number of hydrogen-bond acceptors (Lipinski definition) is 5. The fourth-order valence-corrected chi connectivity index (χ4v) is 3.90. The van der Waals surface area contributed by atoms with Crippen molar-refractivity contribution >= 4 is 34.1 Å². The number of nitrogens with zero attached hydrogens (tertiary/aromatic N) is 1. The third-order valence-corrected chi connectivity index (χ3v) is 5.40. The van der Waals surface area contributed by atoms with Crippen LogP contribution in [0.4, 0.5) is 0 Å². The van der Waals surface area contributed by atoms with E-state index >= 15 is 0 Å². The van der Waals surface area contributed by atoms with Crippen LogP contribution in [0.15, 0.2) is 47.7 Å². The summed E-state index contributed by atoms with van der Waals surface area (Å²) < 4.78 is 15.7. The van der Waals surface area contributed by atoms with Gasteiger partial charge in [-0.05, 0) is 60.6 Å². The van der Waals surface area contributed by atoms with Crippen LogP contribution in [0.2, 0.25) is 0 Å². The van der Waals surface area contributed by atoms with Gasteiger partial charge in [0.2, 0.25) is 0 Å². The molecule has 154 valence electrons. The van der Waals surface area contributed by atoms with Crippen LogP contribution in [0.5, 0.6) is 5.75 Å². The first-order valence-electron chi connectivity index (χ1n) is 9.52. The molecule has 0 radical (unpaired) electrons. The molecule has 0 amide bonds. The van der Waals surface area contributed by atoms with Crippen LogP contribution in [-0.2, 0) is 14.3 Å². The lowest BCUT2D eigenvalue weighted by Crippen LogP contribution is -2.47. The second kappa shape index (κ2) is 9.24. The molecule has 2 aromatic rings. The zero-order valence-corrected chi connectivity index (χ0v) is 18.0. The molecule has 2 aromatic carbocycles. The topological polar surface area (TPSA) is 60.0 Å². The van der Waals surface area contributed by atoms with Crippen LogP contribution in [0.3, 0.4) is 0 Å². The molecule has 1 atom stereocenters. The molecule has 0 aromatic heterocycles. The quantitative estimate of drug-likeness (QED) is 0.422. The first-order valence-corrected chi connectivity index (χ1v) is 9.93. The van der Waals surface area contributed by atoms with E-state index in [2.05, 4.69) is 11.4 Å². The molecule has 0 aliphatic carbocycles. The molecule has 1 N–H and O–H groups in total. The standard InChI is InChI=1S/C22H26N2O4S/c1-5-24-14(2)19(21(25)28-11-10-26-3)20(23-22(24)29)17-7-6-16-13-18(27-4)9-8-15(16)12-17/h6-9,12-13,20H,5,10-11H2,1-4H3,(H,23,29)/t20-/m0/s1. The number of fused-ring (bicyclic) bond motifs is 1. The van der Waals surface area contributed by atoms with E-state index in [-0.39, 0.29) is 18.6 Å². The highest BCUT2D eigenvalue weighted by molar-refractivity contribution is 7.80. The normalized spacial score (nSPS) is 16.8. The largest absolute Gasteiger partial charge is 0.497 e. The first kappa shape index (κ1) is 21.1. The Hall–Kier alpha value is -2.64. The first-order chi connectivity index (χ1) is 14.0. The number of rotatable bonds is 7. The average Bonchev–Trinajstić information content (AvgIpc) is 2.72. The molecule has 7 heteroatoms. The maximum Gasteiger partial charge on any atom is 0.338 e. The van der Waals surface area contributed by atoms with Gasteiger partial charge in [0.15, 0.2) is 5.11 Å². The van der Waals surface area contributed by atoms with Gasteiger partial charge in [-0.25, -0.2) is 4.79 Å². The summed E-state index contributed by atoms with van der Waals surface area (Å²) in [5.41, 5.74) is 2.31. The molecule has 0 fully saturated rings. The monoisotopic (exact) mass is 414 g/mol. The number of thiocarbonyl (C=S) groups is 1. The van der Waals surface area contributed by atoms with Crippen molar-refractivity contribution in [2.24, 2.45) is 0 Å². The van der Waals surface area contributed by atoms with Gasteiger partial charge < -0.3 is 24.4 Å². The Bertz CT molecular complexity index is 957. The van der Waals surface area contributed by atoms with Gasteiger partial charge in [0.05, 0.1) is 25.3 Å². The maximum atomic E-state index is 12.9. The molecule has 0 saturated carbocycles. The fourth-order valence-electron chi connectivity index (χ4n) is 3.52. The molecular weight excluding hydrogens is 388 g/mol. The molecule has 0 unspecified atom stereocenters. The Morgan fingerprint density at radius 3 is 2.55 bits per heavy atom. The predicted molar refractivity (Wildman–Crippen MR) is 117 cm³/mol. The molecule has 1 aliphatic rings. The molecule has 6 nitrogen and oxygen atoms in total. The van der Waals surface area contributed by atoms with Crippen molar-refractivity contribution in [2.75, 3.05) is 34.0 Å². The van der Waals surface area contributed by atoms with E-state index in [9.17, 15) is 4.79 Å². The number of carbonyl (C=O) groups is 1. The number of benzene rings is 2. The van der Waals surface area contributed by atoms with Crippen LogP contribution >= 0.6 is 12.2 Å². The highest BCUT2D eigenvalue weighted by Gasteiger charge is 2.34. The lowest BCUT2D eigenvalue weighted by Gasteiger charge is -2.37. The van der Waals surface area contributed by atoms with Crippen LogP contribution in [0.25, 0.3) is 10.8 Å². The number of ether oxygens (including phenoxy) is 3. The van der Waals surface area contributed by atoms with Crippen LogP contribution in [0, 0.1) is 0 Å². The average molecular weight is 415 g/mol. The Labute approximate surface area is 176 Å². The summed E-state index contributed by atoms with van der Waals surface area (Å²) in [5, 5.41) is 6.03. The summed E-state index contributed by atoms with van der Waals surface area (Å²) in [6, 6.07) is 11.6. The van der Waals surface area contributed by atoms with E-state index in [0.29, 0.717) is 23.8 Å². The minimum absolute atomic E-state index is 0.201. The summed E-state index contributed by atoms with van der Waals surface area (Å²) >= 11 is 5.55. The van der Waals surface area contributed by atoms with Gasteiger partial charge in [0, 0.05) is 19.4 Å². The van der Waals surface area contributed by atoms with Crippen molar-refractivity contribution in [1.29, 1.82) is 0 Å². The molecule has 0 saturated heterocycles. The summed E-state index contributed by atoms with van der Waals surface area (Å²) in [6.07, 6.45) is 0. The number of carbonyl (C=O) groups excluding carboxylic acids is 1. The number of esters is 1. The zero-order valence-electron chi connectivity index (χ0n) is 17.2. The summed E-state index contributed by atoms with van der Waals surface area (Å²) in [4.78, 5) is 14.8. The third-order valence-electron chi connectivity index (χ3n) is 5.06. The van der Waals surface area contributed by atoms with Crippen molar-refractivity contribution in [3.63, 3.8) is 0 Å². The fraction of sp³-hybridized carbons (Fsp3) is 0.364.